The SMILES string of the molecule is O=P(Oc1cccc(Br)c1Br)(Oc1cccc(Br)c1Br)c1cccc(Br)c1Br. The lowest BCUT2D eigenvalue weighted by Gasteiger charge is -2.23. The lowest BCUT2D eigenvalue weighted by atomic mass is 10.3. The molecule has 146 valence electrons. The molecular formula is C18H9Br6O3P. The second-order valence-corrected chi connectivity index (χ2v) is 12.1. The van der Waals surface area contributed by atoms with E-state index >= 15 is 0 Å². The van der Waals surface area contributed by atoms with Crippen molar-refractivity contribution in [3.63, 3.8) is 0 Å². The molecule has 0 unspecified atom stereocenters. The van der Waals surface area contributed by atoms with Gasteiger partial charge in [-0.05, 0) is 132 Å². The van der Waals surface area contributed by atoms with E-state index in [2.05, 4.69) is 95.6 Å². The smallest absolute Gasteiger partial charge is 0.412 e. The molecule has 0 saturated heterocycles. The van der Waals surface area contributed by atoms with E-state index in [1.807, 2.05) is 18.2 Å². The molecule has 3 nitrogen and oxygen atoms in total. The molecule has 0 aliphatic rings. The Balaban J connectivity index is 2.16. The maximum atomic E-state index is 14.1. The number of hydrogen-bond acceptors (Lipinski definition) is 3. The van der Waals surface area contributed by atoms with Crippen LogP contribution in [0, 0.1) is 0 Å². The molecule has 0 spiro atoms. The minimum Gasteiger partial charge on any atom is -0.412 e. The summed E-state index contributed by atoms with van der Waals surface area (Å²) >= 11 is 20.7. The second kappa shape index (κ2) is 9.67. The van der Waals surface area contributed by atoms with Crippen LogP contribution in [0.2, 0.25) is 0 Å². The lowest BCUT2D eigenvalue weighted by molar-refractivity contribution is 0.397. The molecule has 0 aliphatic heterocycles. The van der Waals surface area contributed by atoms with Crippen LogP contribution in [0.25, 0.3) is 0 Å². The third-order valence-electron chi connectivity index (χ3n) is 3.50. The van der Waals surface area contributed by atoms with Gasteiger partial charge in [-0.25, -0.2) is 4.57 Å². The summed E-state index contributed by atoms with van der Waals surface area (Å²) in [5, 5.41) is 0.389. The van der Waals surface area contributed by atoms with Gasteiger partial charge in [-0.15, -0.1) is 0 Å². The predicted molar refractivity (Wildman–Crippen MR) is 134 cm³/mol. The molecule has 0 fully saturated rings. The van der Waals surface area contributed by atoms with Crippen LogP contribution in [-0.2, 0) is 4.57 Å². The Labute approximate surface area is 212 Å². The second-order valence-electron chi connectivity index (χ2n) is 5.36. The van der Waals surface area contributed by atoms with Gasteiger partial charge in [-0.2, -0.15) is 0 Å². The zero-order valence-electron chi connectivity index (χ0n) is 13.6. The van der Waals surface area contributed by atoms with Gasteiger partial charge in [0.05, 0.1) is 8.95 Å². The van der Waals surface area contributed by atoms with Gasteiger partial charge in [0, 0.05) is 17.9 Å². The van der Waals surface area contributed by atoms with Gasteiger partial charge in [0.2, 0.25) is 0 Å². The van der Waals surface area contributed by atoms with Gasteiger partial charge in [0.25, 0.3) is 0 Å². The molecule has 3 aromatic rings. The van der Waals surface area contributed by atoms with Crippen LogP contribution in [0.5, 0.6) is 11.5 Å². The number of benzene rings is 3. The Morgan fingerprint density at radius 3 is 1.43 bits per heavy atom. The summed E-state index contributed by atoms with van der Waals surface area (Å²) in [6, 6.07) is 16.0. The van der Waals surface area contributed by atoms with Gasteiger partial charge >= 0.3 is 7.60 Å². The van der Waals surface area contributed by atoms with E-state index in [1.165, 1.54) is 0 Å². The number of rotatable bonds is 5. The van der Waals surface area contributed by atoms with Gasteiger partial charge in [0.1, 0.15) is 16.8 Å². The van der Waals surface area contributed by atoms with E-state index in [0.717, 1.165) is 13.4 Å². The van der Waals surface area contributed by atoms with Crippen LogP contribution in [-0.4, -0.2) is 0 Å². The molecule has 0 N–H and O–H groups in total. The van der Waals surface area contributed by atoms with E-state index < -0.39 is 7.60 Å². The fourth-order valence-electron chi connectivity index (χ4n) is 2.19. The van der Waals surface area contributed by atoms with Crippen molar-refractivity contribution in [2.24, 2.45) is 0 Å². The molecule has 28 heavy (non-hydrogen) atoms. The Morgan fingerprint density at radius 1 is 0.571 bits per heavy atom. The highest BCUT2D eigenvalue weighted by atomic mass is 79.9. The van der Waals surface area contributed by atoms with Crippen molar-refractivity contribution in [3.8, 4) is 11.5 Å². The van der Waals surface area contributed by atoms with Crippen LogP contribution >= 0.6 is 103 Å². The molecule has 3 aromatic carbocycles. The summed E-state index contributed by atoms with van der Waals surface area (Å²) in [4.78, 5) is 0. The fourth-order valence-corrected chi connectivity index (χ4v) is 6.95. The molecule has 0 bridgehead atoms. The van der Waals surface area contributed by atoms with Crippen molar-refractivity contribution >= 4 is 108 Å². The van der Waals surface area contributed by atoms with Crippen molar-refractivity contribution in [3.05, 3.63) is 81.4 Å². The highest BCUT2D eigenvalue weighted by Gasteiger charge is 2.36. The highest BCUT2D eigenvalue weighted by Crippen LogP contribution is 2.53. The Hall–Kier alpha value is 0.370. The summed E-state index contributed by atoms with van der Waals surface area (Å²) in [7, 11) is -3.85. The number of halogens is 6. The van der Waals surface area contributed by atoms with Crippen LogP contribution in [0.15, 0.2) is 81.4 Å². The zero-order valence-corrected chi connectivity index (χ0v) is 24.0. The summed E-state index contributed by atoms with van der Waals surface area (Å²) in [5.74, 6) is 0.770. The first-order chi connectivity index (χ1) is 13.2. The van der Waals surface area contributed by atoms with Crippen molar-refractivity contribution < 1.29 is 13.6 Å². The largest absolute Gasteiger partial charge is 0.464 e. The summed E-state index contributed by atoms with van der Waals surface area (Å²) in [5.41, 5.74) is 0. The first-order valence-corrected chi connectivity index (χ1v) is 13.8. The van der Waals surface area contributed by atoms with E-state index in [1.54, 1.807) is 36.4 Å². The van der Waals surface area contributed by atoms with Crippen LogP contribution < -0.4 is 14.4 Å². The minimum absolute atomic E-state index is 0.385. The van der Waals surface area contributed by atoms with E-state index in [9.17, 15) is 4.57 Å². The van der Waals surface area contributed by atoms with Gasteiger partial charge < -0.3 is 9.05 Å². The summed E-state index contributed by atoms with van der Waals surface area (Å²) in [6.07, 6.45) is 0. The quantitative estimate of drug-likeness (QED) is 0.242. The standard InChI is InChI=1S/C18H9Br6O3P/c19-10-4-1-7-13(16(10)22)26-28(25,15-9-3-6-12(21)18(15)24)27-14-8-2-5-11(20)17(14)23/h1-9H. The molecule has 0 aromatic heterocycles. The molecule has 0 radical (unpaired) electrons. The van der Waals surface area contributed by atoms with Crippen molar-refractivity contribution in [1.29, 1.82) is 0 Å². The highest BCUT2D eigenvalue weighted by molar-refractivity contribution is 9.13. The third-order valence-corrected chi connectivity index (χ3v) is 11.7. The average Bonchev–Trinajstić information content (AvgIpc) is 2.65. The van der Waals surface area contributed by atoms with Crippen LogP contribution in [0.1, 0.15) is 0 Å². The van der Waals surface area contributed by atoms with Gasteiger partial charge in [-0.3, -0.25) is 0 Å². The van der Waals surface area contributed by atoms with Crippen LogP contribution in [0.4, 0.5) is 0 Å². The van der Waals surface area contributed by atoms with Crippen LogP contribution in [0.3, 0.4) is 0 Å². The first kappa shape index (κ1) is 23.0. The molecule has 0 saturated carbocycles. The minimum atomic E-state index is -3.85. The predicted octanol–water partition coefficient (Wildman–Crippen LogP) is 9.24. The lowest BCUT2D eigenvalue weighted by Crippen LogP contribution is -2.17. The molecule has 0 heterocycles. The normalized spacial score (nSPS) is 11.4. The van der Waals surface area contributed by atoms with E-state index in [-0.39, 0.29) is 0 Å². The number of hydrogen-bond donors (Lipinski definition) is 0. The topological polar surface area (TPSA) is 35.5 Å². The Kier molecular flexibility index (Phi) is 7.96. The Bertz CT molecular complexity index is 1030. The first-order valence-electron chi connectivity index (χ1n) is 7.55. The maximum absolute atomic E-state index is 14.1. The summed E-state index contributed by atoms with van der Waals surface area (Å²) < 4.78 is 30.2. The Morgan fingerprint density at radius 2 is 0.964 bits per heavy atom. The molecule has 0 atom stereocenters. The molecule has 3 rings (SSSR count). The molecular weight excluding hydrogens is 775 g/mol. The van der Waals surface area contributed by atoms with E-state index in [4.69, 9.17) is 9.05 Å². The van der Waals surface area contributed by atoms with Crippen molar-refractivity contribution in [2.45, 2.75) is 0 Å². The maximum Gasteiger partial charge on any atom is 0.464 e. The fraction of sp³-hybridized carbons (Fsp3) is 0. The zero-order chi connectivity index (χ0) is 20.5. The molecule has 0 aliphatic carbocycles. The molecule has 10 heteroatoms. The monoisotopic (exact) mass is 778 g/mol. The van der Waals surface area contributed by atoms with Crippen molar-refractivity contribution in [1.82, 2.24) is 0 Å². The van der Waals surface area contributed by atoms with Gasteiger partial charge in [0.15, 0.2) is 0 Å². The third kappa shape index (κ3) is 4.98. The summed E-state index contributed by atoms with van der Waals surface area (Å²) in [6.45, 7) is 0. The molecule has 0 amide bonds. The van der Waals surface area contributed by atoms with Gasteiger partial charge in [-0.1, -0.05) is 18.2 Å². The van der Waals surface area contributed by atoms with E-state index in [0.29, 0.717) is 30.2 Å². The average molecular weight is 784 g/mol. The van der Waals surface area contributed by atoms with Crippen molar-refractivity contribution in [2.75, 3.05) is 0 Å².